The van der Waals surface area contributed by atoms with Crippen LogP contribution in [0.5, 0.6) is 0 Å². The van der Waals surface area contributed by atoms with Gasteiger partial charge in [-0.15, -0.1) is 0 Å². The fraction of sp³-hybridized carbons (Fsp3) is 0.200. The quantitative estimate of drug-likeness (QED) is 0.284. The van der Waals surface area contributed by atoms with Crippen LogP contribution in [0.4, 0.5) is 0 Å². The van der Waals surface area contributed by atoms with Gasteiger partial charge in [0.1, 0.15) is 0 Å². The average Bonchev–Trinajstić information content (AvgIpc) is 2.67. The Labute approximate surface area is 160 Å². The highest BCUT2D eigenvalue weighted by Crippen LogP contribution is 2.18. The van der Waals surface area contributed by atoms with Gasteiger partial charge in [0.2, 0.25) is 0 Å². The van der Waals surface area contributed by atoms with Crippen molar-refractivity contribution in [3.8, 4) is 0 Å². The van der Waals surface area contributed by atoms with Crippen LogP contribution in [0.15, 0.2) is 63.6 Å². The minimum absolute atomic E-state index is 0.0542. The number of nitrogens with zero attached hydrogens (tertiary/aromatic N) is 3. The Bertz CT molecular complexity index is 1040. The molecule has 1 heterocycles. The van der Waals surface area contributed by atoms with E-state index in [1.807, 2.05) is 37.3 Å². The molecule has 0 saturated carbocycles. The van der Waals surface area contributed by atoms with E-state index in [-0.39, 0.29) is 17.3 Å². The molecule has 3 aromatic rings. The second kappa shape index (κ2) is 8.64. The van der Waals surface area contributed by atoms with Crippen LogP contribution in [0.2, 0.25) is 0 Å². The average molecular weight is 381 g/mol. The molecule has 0 radical (unpaired) electrons. The molecule has 0 aliphatic rings. The molecule has 0 aliphatic carbocycles. The predicted molar refractivity (Wildman–Crippen MR) is 108 cm³/mol. The lowest BCUT2D eigenvalue weighted by Crippen LogP contribution is -2.21. The minimum Gasteiger partial charge on any atom is -0.465 e. The first-order valence-electron chi connectivity index (χ1n) is 8.49. The summed E-state index contributed by atoms with van der Waals surface area (Å²) in [6, 6.07) is 14.9. The lowest BCUT2D eigenvalue weighted by atomic mass is 10.2. The van der Waals surface area contributed by atoms with Crippen molar-refractivity contribution in [2.45, 2.75) is 19.0 Å². The zero-order chi connectivity index (χ0) is 19.2. The summed E-state index contributed by atoms with van der Waals surface area (Å²) in [7, 11) is 0. The van der Waals surface area contributed by atoms with Crippen molar-refractivity contribution < 1.29 is 9.53 Å². The number of aromatic nitrogens is 2. The normalized spacial score (nSPS) is 11.2. The molecule has 0 saturated heterocycles. The van der Waals surface area contributed by atoms with Crippen molar-refractivity contribution in [1.82, 2.24) is 9.66 Å². The van der Waals surface area contributed by atoms with Crippen LogP contribution < -0.4 is 5.56 Å². The number of carbonyl (C=O) groups excluding carboxylic acids is 1. The van der Waals surface area contributed by atoms with E-state index in [0.29, 0.717) is 22.7 Å². The van der Waals surface area contributed by atoms with Gasteiger partial charge in [0.05, 0.1) is 29.5 Å². The van der Waals surface area contributed by atoms with E-state index >= 15 is 0 Å². The van der Waals surface area contributed by atoms with E-state index in [1.165, 1.54) is 4.68 Å². The van der Waals surface area contributed by atoms with Crippen LogP contribution >= 0.6 is 11.8 Å². The maximum absolute atomic E-state index is 12.9. The van der Waals surface area contributed by atoms with Crippen LogP contribution in [0, 0.1) is 6.92 Å². The van der Waals surface area contributed by atoms with Crippen molar-refractivity contribution in [1.29, 1.82) is 0 Å². The number of ether oxygens (including phenoxy) is 1. The third-order valence-electron chi connectivity index (χ3n) is 3.75. The predicted octanol–water partition coefficient (Wildman–Crippen LogP) is 3.24. The van der Waals surface area contributed by atoms with Crippen LogP contribution in [0.1, 0.15) is 18.1 Å². The van der Waals surface area contributed by atoms with Crippen LogP contribution in [-0.2, 0) is 9.53 Å². The van der Waals surface area contributed by atoms with E-state index in [0.717, 1.165) is 22.9 Å². The monoisotopic (exact) mass is 381 g/mol. The van der Waals surface area contributed by atoms with E-state index in [9.17, 15) is 9.59 Å². The first-order valence-corrected chi connectivity index (χ1v) is 9.48. The highest BCUT2D eigenvalue weighted by atomic mass is 32.2. The van der Waals surface area contributed by atoms with Crippen molar-refractivity contribution in [3.63, 3.8) is 0 Å². The number of hydrogen-bond donors (Lipinski definition) is 0. The van der Waals surface area contributed by atoms with E-state index < -0.39 is 0 Å². The fourth-order valence-corrected chi connectivity index (χ4v) is 3.15. The Morgan fingerprint density at radius 2 is 1.96 bits per heavy atom. The minimum atomic E-state index is -0.362. The Morgan fingerprint density at radius 3 is 2.70 bits per heavy atom. The summed E-state index contributed by atoms with van der Waals surface area (Å²) in [5.41, 5.74) is 2.29. The second-order valence-electron chi connectivity index (χ2n) is 5.78. The molecule has 0 fully saturated rings. The molecule has 6 nitrogen and oxygen atoms in total. The summed E-state index contributed by atoms with van der Waals surface area (Å²) in [5, 5.41) is 5.14. The van der Waals surface area contributed by atoms with Gasteiger partial charge in [0, 0.05) is 0 Å². The standard InChI is InChI=1S/C20H19N3O3S/c1-3-26-18(24)13-27-20-22-17-7-5-4-6-16(17)19(25)23(20)21-12-15-10-8-14(2)9-11-15/h4-12H,3,13H2,1-2H3/b21-12+. The van der Waals surface area contributed by atoms with Gasteiger partial charge in [0.15, 0.2) is 5.16 Å². The van der Waals surface area contributed by atoms with Crippen molar-refractivity contribution in [2.75, 3.05) is 12.4 Å². The van der Waals surface area contributed by atoms with Gasteiger partial charge in [-0.1, -0.05) is 53.7 Å². The van der Waals surface area contributed by atoms with E-state index in [2.05, 4.69) is 10.1 Å². The van der Waals surface area contributed by atoms with E-state index in [4.69, 9.17) is 4.74 Å². The summed E-state index contributed by atoms with van der Waals surface area (Å²) < 4.78 is 6.18. The number of fused-ring (bicyclic) bond motifs is 1. The molecule has 0 bridgehead atoms. The van der Waals surface area contributed by atoms with Gasteiger partial charge in [-0.3, -0.25) is 9.59 Å². The molecular formula is C20H19N3O3S. The first kappa shape index (κ1) is 18.8. The van der Waals surface area contributed by atoms with Gasteiger partial charge in [0.25, 0.3) is 5.56 Å². The molecule has 0 aliphatic heterocycles. The number of esters is 1. The smallest absolute Gasteiger partial charge is 0.316 e. The number of thioether (sulfide) groups is 1. The van der Waals surface area contributed by atoms with Gasteiger partial charge in [-0.25, -0.2) is 4.98 Å². The summed E-state index contributed by atoms with van der Waals surface area (Å²) in [4.78, 5) is 29.1. The Morgan fingerprint density at radius 1 is 1.22 bits per heavy atom. The van der Waals surface area contributed by atoms with Crippen molar-refractivity contribution in [3.05, 3.63) is 70.0 Å². The molecule has 1 aromatic heterocycles. The van der Waals surface area contributed by atoms with E-state index in [1.54, 1.807) is 31.3 Å². The van der Waals surface area contributed by atoms with Crippen LogP contribution in [-0.4, -0.2) is 34.2 Å². The number of benzene rings is 2. The lowest BCUT2D eigenvalue weighted by molar-refractivity contribution is -0.139. The highest BCUT2D eigenvalue weighted by Gasteiger charge is 2.13. The first-order chi connectivity index (χ1) is 13.1. The molecule has 0 atom stereocenters. The summed E-state index contributed by atoms with van der Waals surface area (Å²) >= 11 is 1.13. The third-order valence-corrected chi connectivity index (χ3v) is 4.65. The van der Waals surface area contributed by atoms with Crippen LogP contribution in [0.3, 0.4) is 0 Å². The van der Waals surface area contributed by atoms with Gasteiger partial charge in [-0.2, -0.15) is 9.78 Å². The molecule has 27 heavy (non-hydrogen) atoms. The molecule has 138 valence electrons. The Hall–Kier alpha value is -2.93. The molecule has 0 amide bonds. The maximum Gasteiger partial charge on any atom is 0.316 e. The zero-order valence-corrected chi connectivity index (χ0v) is 15.9. The van der Waals surface area contributed by atoms with Crippen LogP contribution in [0.25, 0.3) is 10.9 Å². The van der Waals surface area contributed by atoms with Crippen molar-refractivity contribution in [2.24, 2.45) is 5.10 Å². The summed E-state index contributed by atoms with van der Waals surface area (Å²) in [5.74, 6) is -0.308. The summed E-state index contributed by atoms with van der Waals surface area (Å²) in [6.07, 6.45) is 1.60. The molecule has 0 unspecified atom stereocenters. The molecular weight excluding hydrogens is 362 g/mol. The second-order valence-corrected chi connectivity index (χ2v) is 6.72. The number of para-hydroxylation sites is 1. The number of hydrogen-bond acceptors (Lipinski definition) is 6. The molecule has 7 heteroatoms. The third kappa shape index (κ3) is 4.62. The fourth-order valence-electron chi connectivity index (χ4n) is 2.40. The Balaban J connectivity index is 2.00. The maximum atomic E-state index is 12.9. The molecule has 3 rings (SSSR count). The zero-order valence-electron chi connectivity index (χ0n) is 15.1. The number of aryl methyl sites for hydroxylation is 1. The lowest BCUT2D eigenvalue weighted by Gasteiger charge is -2.08. The topological polar surface area (TPSA) is 73.5 Å². The largest absolute Gasteiger partial charge is 0.465 e. The Kier molecular flexibility index (Phi) is 6.03. The number of carbonyl (C=O) groups is 1. The number of rotatable bonds is 6. The van der Waals surface area contributed by atoms with Gasteiger partial charge < -0.3 is 4.74 Å². The van der Waals surface area contributed by atoms with Crippen molar-refractivity contribution >= 4 is 34.8 Å². The summed E-state index contributed by atoms with van der Waals surface area (Å²) in [6.45, 7) is 4.06. The molecule has 0 spiro atoms. The van der Waals surface area contributed by atoms with Gasteiger partial charge >= 0.3 is 5.97 Å². The molecule has 2 aromatic carbocycles. The van der Waals surface area contributed by atoms with Gasteiger partial charge in [-0.05, 0) is 31.5 Å². The highest BCUT2D eigenvalue weighted by molar-refractivity contribution is 7.99. The molecule has 0 N–H and O–H groups in total. The SMILES string of the molecule is CCOC(=O)CSc1nc2ccccc2c(=O)n1/N=C/c1ccc(C)cc1.